The Hall–Kier alpha value is -1.53. The molecule has 2 radical (unpaired) electrons. The number of ether oxygens (including phenoxy) is 3. The number of aliphatic hydroxyl groups is 1. The molecule has 19 heavy (non-hydrogen) atoms. The minimum absolute atomic E-state index is 0.0838. The summed E-state index contributed by atoms with van der Waals surface area (Å²) in [4.78, 5) is 11.5. The number of rotatable bonds is 3. The average Bonchev–Trinajstić information content (AvgIpc) is 2.65. The minimum Gasteiger partial charge on any atom is -0.431 e. The number of hydrogen-bond donors (Lipinski definition) is 1. The van der Waals surface area contributed by atoms with Crippen LogP contribution in [0.2, 0.25) is 0 Å². The summed E-state index contributed by atoms with van der Waals surface area (Å²) in [5.74, 6) is 0.412. The van der Waals surface area contributed by atoms with Gasteiger partial charge in [-0.1, -0.05) is 12.1 Å². The predicted octanol–water partition coefficient (Wildman–Crippen LogP) is 1.15. The second kappa shape index (κ2) is 6.08. The molecule has 3 atom stereocenters. The standard InChI is InChI=1S/C13H15BO5/c1-8-3-2-4-9(5-8)18-13(16)17-7-11-10(15)6-12(14)19-11/h2-5,10-12,15H,6-7H2,1H3/t10?,11-,12-/m1/s1. The molecule has 1 N–H and O–H groups in total. The highest BCUT2D eigenvalue weighted by atomic mass is 16.7. The van der Waals surface area contributed by atoms with Gasteiger partial charge in [-0.2, -0.15) is 0 Å². The van der Waals surface area contributed by atoms with E-state index in [2.05, 4.69) is 0 Å². The van der Waals surface area contributed by atoms with Crippen LogP contribution in [0.1, 0.15) is 12.0 Å². The summed E-state index contributed by atoms with van der Waals surface area (Å²) >= 11 is 0. The summed E-state index contributed by atoms with van der Waals surface area (Å²) in [6.45, 7) is 1.81. The summed E-state index contributed by atoms with van der Waals surface area (Å²) in [6, 6.07) is 6.53. The van der Waals surface area contributed by atoms with Crippen molar-refractivity contribution in [2.24, 2.45) is 0 Å². The van der Waals surface area contributed by atoms with Gasteiger partial charge in [0, 0.05) is 6.00 Å². The molecule has 0 aliphatic carbocycles. The first-order valence-corrected chi connectivity index (χ1v) is 6.05. The van der Waals surface area contributed by atoms with E-state index in [9.17, 15) is 9.90 Å². The maximum Gasteiger partial charge on any atom is 0.513 e. The Morgan fingerprint density at radius 3 is 3.00 bits per heavy atom. The van der Waals surface area contributed by atoms with Crippen LogP contribution >= 0.6 is 0 Å². The lowest BCUT2D eigenvalue weighted by atomic mass is 9.96. The van der Waals surface area contributed by atoms with E-state index in [4.69, 9.17) is 22.1 Å². The van der Waals surface area contributed by atoms with Gasteiger partial charge in [0.25, 0.3) is 0 Å². The van der Waals surface area contributed by atoms with Crippen molar-refractivity contribution in [2.75, 3.05) is 6.61 Å². The zero-order valence-electron chi connectivity index (χ0n) is 10.6. The fraction of sp³-hybridized carbons (Fsp3) is 0.462. The molecule has 0 spiro atoms. The van der Waals surface area contributed by atoms with Crippen LogP contribution in [0.5, 0.6) is 5.75 Å². The van der Waals surface area contributed by atoms with Crippen molar-refractivity contribution in [1.82, 2.24) is 0 Å². The van der Waals surface area contributed by atoms with Gasteiger partial charge in [-0.15, -0.1) is 0 Å². The van der Waals surface area contributed by atoms with Crippen molar-refractivity contribution in [3.05, 3.63) is 29.8 Å². The van der Waals surface area contributed by atoms with Crippen LogP contribution in [0.25, 0.3) is 0 Å². The minimum atomic E-state index is -0.832. The van der Waals surface area contributed by atoms with E-state index in [1.165, 1.54) is 0 Å². The monoisotopic (exact) mass is 262 g/mol. The Morgan fingerprint density at radius 1 is 1.58 bits per heavy atom. The maximum absolute atomic E-state index is 11.5. The van der Waals surface area contributed by atoms with E-state index in [1.807, 2.05) is 13.0 Å². The first-order valence-electron chi connectivity index (χ1n) is 6.05. The highest BCUT2D eigenvalue weighted by Crippen LogP contribution is 2.19. The Labute approximate surface area is 112 Å². The van der Waals surface area contributed by atoms with Crippen LogP contribution < -0.4 is 4.74 Å². The highest BCUT2D eigenvalue weighted by molar-refractivity contribution is 6.11. The van der Waals surface area contributed by atoms with Gasteiger partial charge < -0.3 is 19.3 Å². The topological polar surface area (TPSA) is 65.0 Å². The van der Waals surface area contributed by atoms with Crippen molar-refractivity contribution in [3.8, 4) is 5.75 Å². The van der Waals surface area contributed by atoms with Crippen molar-refractivity contribution in [3.63, 3.8) is 0 Å². The van der Waals surface area contributed by atoms with Crippen molar-refractivity contribution in [2.45, 2.75) is 31.6 Å². The summed E-state index contributed by atoms with van der Waals surface area (Å²) < 4.78 is 15.1. The molecule has 1 aromatic rings. The molecular formula is C13H15BO5. The van der Waals surface area contributed by atoms with Gasteiger partial charge >= 0.3 is 6.16 Å². The molecule has 1 aliphatic heterocycles. The fourth-order valence-electron chi connectivity index (χ4n) is 1.87. The molecule has 1 saturated heterocycles. The molecule has 0 saturated carbocycles. The van der Waals surface area contributed by atoms with Crippen LogP contribution in [0, 0.1) is 6.92 Å². The van der Waals surface area contributed by atoms with Crippen LogP contribution in [0.3, 0.4) is 0 Å². The third kappa shape index (κ3) is 3.97. The smallest absolute Gasteiger partial charge is 0.431 e. The number of aliphatic hydroxyl groups excluding tert-OH is 1. The summed E-state index contributed by atoms with van der Waals surface area (Å²) in [5.41, 5.74) is 0.978. The molecule has 1 heterocycles. The first-order chi connectivity index (χ1) is 9.04. The van der Waals surface area contributed by atoms with Gasteiger partial charge in [0.05, 0.1) is 6.10 Å². The molecule has 0 aromatic heterocycles. The summed E-state index contributed by atoms with van der Waals surface area (Å²) in [7, 11) is 5.51. The van der Waals surface area contributed by atoms with Gasteiger partial charge in [-0.25, -0.2) is 4.79 Å². The molecule has 0 amide bonds. The van der Waals surface area contributed by atoms with E-state index >= 15 is 0 Å². The maximum atomic E-state index is 11.5. The Balaban J connectivity index is 1.79. The van der Waals surface area contributed by atoms with Crippen molar-refractivity contribution >= 4 is 14.0 Å². The van der Waals surface area contributed by atoms with Crippen LogP contribution in [0.15, 0.2) is 24.3 Å². The Bertz CT molecular complexity index is 450. The van der Waals surface area contributed by atoms with Gasteiger partial charge in [0.2, 0.25) is 0 Å². The predicted molar refractivity (Wildman–Crippen MR) is 68.2 cm³/mol. The lowest BCUT2D eigenvalue weighted by molar-refractivity contribution is -0.0186. The van der Waals surface area contributed by atoms with Crippen LogP contribution in [-0.4, -0.2) is 43.9 Å². The molecule has 0 bridgehead atoms. The lowest BCUT2D eigenvalue weighted by Crippen LogP contribution is -2.28. The van der Waals surface area contributed by atoms with E-state index < -0.39 is 24.4 Å². The zero-order chi connectivity index (χ0) is 13.8. The SMILES string of the molecule is [B][C@H]1CC(O)[C@@H](COC(=O)Oc2cccc(C)c2)O1. The molecule has 1 aliphatic rings. The largest absolute Gasteiger partial charge is 0.513 e. The molecular weight excluding hydrogens is 247 g/mol. The molecule has 1 aromatic carbocycles. The van der Waals surface area contributed by atoms with Gasteiger partial charge in [0.15, 0.2) is 0 Å². The Kier molecular flexibility index (Phi) is 4.45. The fourth-order valence-corrected chi connectivity index (χ4v) is 1.87. The zero-order valence-corrected chi connectivity index (χ0v) is 10.6. The number of aryl methyl sites for hydroxylation is 1. The third-order valence-electron chi connectivity index (χ3n) is 2.81. The molecule has 1 unspecified atom stereocenters. The third-order valence-corrected chi connectivity index (χ3v) is 2.81. The second-order valence-electron chi connectivity index (χ2n) is 4.50. The lowest BCUT2D eigenvalue weighted by Gasteiger charge is -2.14. The first kappa shape index (κ1) is 13.9. The number of benzene rings is 1. The van der Waals surface area contributed by atoms with E-state index in [-0.39, 0.29) is 6.61 Å². The van der Waals surface area contributed by atoms with Gasteiger partial charge in [-0.3, -0.25) is 0 Å². The highest BCUT2D eigenvalue weighted by Gasteiger charge is 2.32. The molecule has 2 rings (SSSR count). The quantitative estimate of drug-likeness (QED) is 0.503. The molecule has 1 fully saturated rings. The number of carbonyl (C=O) groups is 1. The van der Waals surface area contributed by atoms with E-state index in [0.29, 0.717) is 12.2 Å². The van der Waals surface area contributed by atoms with Crippen molar-refractivity contribution in [1.29, 1.82) is 0 Å². The molecule has 5 nitrogen and oxygen atoms in total. The van der Waals surface area contributed by atoms with E-state index in [0.717, 1.165) is 5.56 Å². The van der Waals surface area contributed by atoms with E-state index in [1.54, 1.807) is 18.2 Å². The normalized spacial score (nSPS) is 26.1. The summed E-state index contributed by atoms with van der Waals surface area (Å²) in [5, 5.41) is 9.56. The molecule has 6 heteroatoms. The van der Waals surface area contributed by atoms with Gasteiger partial charge in [0.1, 0.15) is 26.3 Å². The second-order valence-corrected chi connectivity index (χ2v) is 4.50. The van der Waals surface area contributed by atoms with Gasteiger partial charge in [-0.05, 0) is 31.0 Å². The van der Waals surface area contributed by atoms with Crippen molar-refractivity contribution < 1.29 is 24.1 Å². The Morgan fingerprint density at radius 2 is 2.37 bits per heavy atom. The number of carbonyl (C=O) groups excluding carboxylic acids is 1. The number of hydrogen-bond acceptors (Lipinski definition) is 5. The average molecular weight is 262 g/mol. The summed E-state index contributed by atoms with van der Waals surface area (Å²) in [6.07, 6.45) is -1.82. The molecule has 100 valence electrons. The van der Waals surface area contributed by atoms with Crippen LogP contribution in [0.4, 0.5) is 4.79 Å². The van der Waals surface area contributed by atoms with Crippen LogP contribution in [-0.2, 0) is 9.47 Å².